The lowest BCUT2D eigenvalue weighted by Gasteiger charge is -1.91. The first-order chi connectivity index (χ1) is 5.46. The van der Waals surface area contributed by atoms with Crippen molar-refractivity contribution in [1.29, 1.82) is 0 Å². The molecule has 1 aromatic rings. The number of rotatable bonds is 0. The molecule has 0 atom stereocenters. The third-order valence-corrected chi connectivity index (χ3v) is 0.708. The number of hydrogen-bond acceptors (Lipinski definition) is 1. The molecule has 0 N–H and O–H groups in total. The summed E-state index contributed by atoms with van der Waals surface area (Å²) in [5.41, 5.74) is 0. The predicted octanol–water partition coefficient (Wildman–Crippen LogP) is 0.973. The number of halogens is 1. The van der Waals surface area contributed by atoms with E-state index in [1.807, 2.05) is 0 Å². The van der Waals surface area contributed by atoms with E-state index in [9.17, 15) is 5.21 Å². The lowest BCUT2D eigenvalue weighted by Crippen LogP contribution is -2.23. The van der Waals surface area contributed by atoms with Crippen LogP contribution in [0.15, 0.2) is 24.4 Å². The topological polar surface area (TPSA) is 26.9 Å². The second-order valence-corrected chi connectivity index (χ2v) is 1.46. The summed E-state index contributed by atoms with van der Waals surface area (Å²) in [6.45, 7) is 0. The van der Waals surface area contributed by atoms with Crippen LogP contribution in [0.1, 0.15) is 5.48 Å². The van der Waals surface area contributed by atoms with E-state index in [2.05, 4.69) is 0 Å². The molecule has 1 heterocycles. The number of hydrogen-bond donors (Lipinski definition) is 0. The average Bonchev–Trinajstić information content (AvgIpc) is 2.08. The third kappa shape index (κ3) is 1.10. The minimum atomic E-state index is -0.727. The van der Waals surface area contributed by atoms with E-state index < -0.39 is 29.5 Å². The Kier molecular flexibility index (Phi) is 0.560. The maximum absolute atomic E-state index is 10.8. The van der Waals surface area contributed by atoms with Gasteiger partial charge in [0.2, 0.25) is 0 Å². The molecule has 0 spiro atoms. The van der Waals surface area contributed by atoms with E-state index in [0.29, 0.717) is 0 Å². The highest BCUT2D eigenvalue weighted by atomic mass is 35.5. The Morgan fingerprint density at radius 2 is 2.62 bits per heavy atom. The number of nitrogens with zero attached hydrogens (tertiary/aromatic N) is 1. The molecule has 0 aliphatic carbocycles. The van der Waals surface area contributed by atoms with Gasteiger partial charge in [0.05, 0.1) is 2.74 Å². The number of aromatic nitrogens is 1. The SMILES string of the molecule is [2H]c1c([2H])c([2H])[n+]([O-])c([2H])c1Cl. The van der Waals surface area contributed by atoms with Crippen LogP contribution in [0.3, 0.4) is 0 Å². The molecule has 8 heavy (non-hydrogen) atoms. The van der Waals surface area contributed by atoms with Gasteiger partial charge in [-0.25, -0.2) is 0 Å². The summed E-state index contributed by atoms with van der Waals surface area (Å²) in [5.74, 6) is 0. The molecule has 0 unspecified atom stereocenters. The lowest BCUT2D eigenvalue weighted by molar-refractivity contribution is -0.605. The van der Waals surface area contributed by atoms with Gasteiger partial charge >= 0.3 is 0 Å². The second-order valence-electron chi connectivity index (χ2n) is 1.08. The van der Waals surface area contributed by atoms with Crippen LogP contribution >= 0.6 is 11.6 Å². The molecule has 0 aliphatic heterocycles. The third-order valence-electron chi connectivity index (χ3n) is 0.529. The fourth-order valence-corrected chi connectivity index (χ4v) is 0.403. The quantitative estimate of drug-likeness (QED) is 0.383. The fraction of sp³-hybridized carbons (Fsp3) is 0. The molecule has 0 saturated carbocycles. The summed E-state index contributed by atoms with van der Waals surface area (Å²) < 4.78 is 28.1. The van der Waals surface area contributed by atoms with Crippen molar-refractivity contribution in [1.82, 2.24) is 0 Å². The molecule has 0 fully saturated rings. The molecule has 0 bridgehead atoms. The lowest BCUT2D eigenvalue weighted by atomic mass is 10.5. The van der Waals surface area contributed by atoms with E-state index in [0.717, 1.165) is 0 Å². The van der Waals surface area contributed by atoms with Gasteiger partial charge < -0.3 is 5.21 Å². The maximum atomic E-state index is 10.8. The van der Waals surface area contributed by atoms with Crippen molar-refractivity contribution in [2.75, 3.05) is 0 Å². The zero-order valence-corrected chi connectivity index (χ0v) is 4.49. The molecule has 0 aliphatic rings. The Hall–Kier alpha value is -0.760. The van der Waals surface area contributed by atoms with Crippen LogP contribution in [-0.4, -0.2) is 0 Å². The Morgan fingerprint density at radius 1 is 1.88 bits per heavy atom. The highest BCUT2D eigenvalue weighted by molar-refractivity contribution is 6.30. The Labute approximate surface area is 57.5 Å². The van der Waals surface area contributed by atoms with Crippen LogP contribution in [0.2, 0.25) is 5.02 Å². The summed E-state index contributed by atoms with van der Waals surface area (Å²) >= 11 is 5.36. The first kappa shape index (κ1) is 2.23. The Morgan fingerprint density at radius 3 is 3.38 bits per heavy atom. The molecule has 2 nitrogen and oxygen atoms in total. The summed E-state index contributed by atoms with van der Waals surface area (Å²) in [6.07, 6.45) is -1.39. The van der Waals surface area contributed by atoms with Crippen molar-refractivity contribution < 1.29 is 10.2 Å². The van der Waals surface area contributed by atoms with Crippen molar-refractivity contribution >= 4 is 11.6 Å². The standard InChI is InChI=1S/C5H4ClNO/c6-5-2-1-3-7(8)4-5/h1-4H/i1D,2D,3D,4D. The van der Waals surface area contributed by atoms with Crippen LogP contribution in [0.5, 0.6) is 0 Å². The van der Waals surface area contributed by atoms with Crippen molar-refractivity contribution in [2.24, 2.45) is 0 Å². The van der Waals surface area contributed by atoms with Crippen LogP contribution in [0.4, 0.5) is 0 Å². The van der Waals surface area contributed by atoms with Crippen molar-refractivity contribution in [3.8, 4) is 0 Å². The molecule has 0 radical (unpaired) electrons. The first-order valence-electron chi connectivity index (χ1n) is 3.82. The van der Waals surface area contributed by atoms with Crippen LogP contribution in [0, 0.1) is 5.21 Å². The fourth-order valence-electron chi connectivity index (χ4n) is 0.279. The molecule has 1 rings (SSSR count). The molecule has 0 amide bonds. The van der Waals surface area contributed by atoms with Gasteiger partial charge in [-0.05, 0) is 6.04 Å². The van der Waals surface area contributed by atoms with E-state index in [-0.39, 0.29) is 4.73 Å². The summed E-state index contributed by atoms with van der Waals surface area (Å²) in [7, 11) is 0. The van der Waals surface area contributed by atoms with Crippen LogP contribution in [-0.2, 0) is 0 Å². The van der Waals surface area contributed by atoms with E-state index in [4.69, 9.17) is 17.1 Å². The van der Waals surface area contributed by atoms with Crippen LogP contribution < -0.4 is 4.73 Å². The molecule has 0 aromatic carbocycles. The molecule has 42 valence electrons. The van der Waals surface area contributed by atoms with Gasteiger partial charge in [-0.1, -0.05) is 11.6 Å². The van der Waals surface area contributed by atoms with Gasteiger partial charge in [-0.3, -0.25) is 0 Å². The summed E-state index contributed by atoms with van der Waals surface area (Å²) in [4.78, 5) is 0. The largest absolute Gasteiger partial charge is 0.619 e. The van der Waals surface area contributed by atoms with Crippen molar-refractivity contribution in [2.45, 2.75) is 0 Å². The van der Waals surface area contributed by atoms with Gasteiger partial charge in [0, 0.05) is 6.04 Å². The summed E-state index contributed by atoms with van der Waals surface area (Å²) in [6, 6.07) is -1.02. The van der Waals surface area contributed by atoms with Crippen molar-refractivity contribution in [3.05, 3.63) is 34.7 Å². The smallest absolute Gasteiger partial charge is 0.198 e. The predicted molar refractivity (Wildman–Crippen MR) is 30.4 cm³/mol. The minimum Gasteiger partial charge on any atom is -0.619 e. The van der Waals surface area contributed by atoms with E-state index in [1.165, 1.54) is 0 Å². The van der Waals surface area contributed by atoms with Gasteiger partial charge in [-0.15, -0.1) is 0 Å². The van der Waals surface area contributed by atoms with E-state index in [1.54, 1.807) is 0 Å². The van der Waals surface area contributed by atoms with E-state index >= 15 is 0 Å². The van der Waals surface area contributed by atoms with Gasteiger partial charge in [0.15, 0.2) is 12.3 Å². The summed E-state index contributed by atoms with van der Waals surface area (Å²) in [5, 5.41) is 10.4. The number of pyridine rings is 1. The Bertz CT molecular complexity index is 238. The zero-order chi connectivity index (χ0) is 9.46. The van der Waals surface area contributed by atoms with Crippen LogP contribution in [0.25, 0.3) is 0 Å². The molecular formula is C5H4ClNO. The second kappa shape index (κ2) is 2.01. The molecule has 3 heteroatoms. The Balaban J connectivity index is 3.60. The zero-order valence-electron chi connectivity index (χ0n) is 7.73. The maximum Gasteiger partial charge on any atom is 0.198 e. The highest BCUT2D eigenvalue weighted by Gasteiger charge is 1.87. The first-order valence-corrected chi connectivity index (χ1v) is 2.20. The molecule has 0 saturated heterocycles. The highest BCUT2D eigenvalue weighted by Crippen LogP contribution is 2.00. The van der Waals surface area contributed by atoms with Gasteiger partial charge in [0.25, 0.3) is 0 Å². The molecular weight excluding hydrogens is 126 g/mol. The minimum absolute atomic E-state index is 0.0945. The van der Waals surface area contributed by atoms with Crippen molar-refractivity contribution in [3.63, 3.8) is 0 Å². The van der Waals surface area contributed by atoms with Gasteiger partial charge in [0.1, 0.15) is 7.76 Å². The normalized spacial score (nSPS) is 16.1. The monoisotopic (exact) mass is 133 g/mol. The molecule has 1 aromatic heterocycles. The van der Waals surface area contributed by atoms with Gasteiger partial charge in [-0.2, -0.15) is 4.73 Å². The average molecular weight is 134 g/mol.